The normalized spacial score (nSPS) is 17.2. The first-order valence-corrected chi connectivity index (χ1v) is 23.6. The van der Waals surface area contributed by atoms with Gasteiger partial charge in [0.25, 0.3) is 11.8 Å². The molecule has 2 aliphatic heterocycles. The number of hydrogen-bond acceptors (Lipinski definition) is 12. The first kappa shape index (κ1) is 43.4. The number of benzene rings is 2. The van der Waals surface area contributed by atoms with Crippen LogP contribution in [0.5, 0.6) is 11.5 Å². The van der Waals surface area contributed by atoms with Crippen molar-refractivity contribution in [3.8, 4) is 56.8 Å². The molecule has 16 heteroatoms. The van der Waals surface area contributed by atoms with Crippen LogP contribution in [-0.2, 0) is 25.9 Å². The third kappa shape index (κ3) is 9.55. The van der Waals surface area contributed by atoms with Crippen molar-refractivity contribution in [2.45, 2.75) is 71.4 Å². The standard InChI is InChI=1S/C53H50N12O4/c1-3-40-13-9-38(26-54-40)36-11-15-46-41(24-36)53(67)61-49-23-34(22-45(59-49)51-63-57-30-64(51)19-17-32(2)28-68-46)21-33-18-20-65-31-56-62-50(65)44-5-4-6-48(58-44)60-52(66)42-25-37(12-16-47(42)69-29-33)39-10-14-43(55-27-39)35-7-8-35/h4-6,9-16,22-27,30-33,35H,3,7-8,17-21,28-29H2,1-2H3,(H,58,60,66)(H,59,61,67)/t32-,33+/m1/s1. The number of fused-ring (bicyclic) bond motifs is 10. The van der Waals surface area contributed by atoms with Crippen LogP contribution in [0.15, 0.2) is 116 Å². The molecule has 0 radical (unpaired) electrons. The zero-order valence-electron chi connectivity index (χ0n) is 38.4. The van der Waals surface area contributed by atoms with E-state index in [4.69, 9.17) is 24.4 Å². The molecule has 1 aliphatic carbocycles. The lowest BCUT2D eigenvalue weighted by molar-refractivity contribution is 0.101. The smallest absolute Gasteiger partial charge is 0.260 e. The highest BCUT2D eigenvalue weighted by Crippen LogP contribution is 2.39. The number of aromatic nitrogens is 10. The Morgan fingerprint density at radius 1 is 0.638 bits per heavy atom. The molecule has 2 atom stereocenters. The molecule has 2 N–H and O–H groups in total. The molecule has 11 rings (SSSR count). The number of anilines is 2. The Kier molecular flexibility index (Phi) is 11.9. The molecule has 0 saturated heterocycles. The van der Waals surface area contributed by atoms with Crippen molar-refractivity contribution in [2.75, 3.05) is 23.8 Å². The summed E-state index contributed by atoms with van der Waals surface area (Å²) in [5.41, 5.74) is 8.36. The van der Waals surface area contributed by atoms with E-state index in [9.17, 15) is 9.59 Å². The van der Waals surface area contributed by atoms with Gasteiger partial charge in [-0.25, -0.2) is 9.97 Å². The summed E-state index contributed by atoms with van der Waals surface area (Å²) >= 11 is 0. The minimum absolute atomic E-state index is 0.121. The molecule has 6 aromatic heterocycles. The SMILES string of the molecule is CCc1ccc(-c2ccc3c(c2)C(=O)Nc2cc(C[C@@H]4CCn5cnnc5-c5cccc(n5)NC(=O)c5cc(-c6ccc(C7CC7)nc6)ccc5OC4)cc(n2)-c2nncn2CC[C@@H](C)CO3)cn1. The van der Waals surface area contributed by atoms with Crippen LogP contribution in [-0.4, -0.2) is 74.5 Å². The zero-order valence-corrected chi connectivity index (χ0v) is 38.4. The Labute approximate surface area is 398 Å². The van der Waals surface area contributed by atoms with Gasteiger partial charge in [-0.15, -0.1) is 20.4 Å². The molecule has 2 amide bonds. The first-order chi connectivity index (χ1) is 33.8. The van der Waals surface area contributed by atoms with Crippen LogP contribution < -0.4 is 20.1 Å². The van der Waals surface area contributed by atoms with E-state index in [-0.39, 0.29) is 30.3 Å². The Hall–Kier alpha value is -8.14. The van der Waals surface area contributed by atoms with Crippen LogP contribution >= 0.6 is 0 Å². The number of pyridine rings is 4. The van der Waals surface area contributed by atoms with Gasteiger partial charge in [0.1, 0.15) is 47.2 Å². The van der Waals surface area contributed by atoms with Gasteiger partial charge >= 0.3 is 0 Å². The molecule has 8 heterocycles. The molecule has 1 fully saturated rings. The molecule has 4 bridgehead atoms. The van der Waals surface area contributed by atoms with Crippen LogP contribution in [0.4, 0.5) is 11.6 Å². The van der Waals surface area contributed by atoms with E-state index < -0.39 is 0 Å². The molecular formula is C53H50N12O4. The largest absolute Gasteiger partial charge is 0.492 e. The monoisotopic (exact) mass is 918 g/mol. The number of nitrogens with one attached hydrogen (secondary N) is 2. The second-order valence-corrected chi connectivity index (χ2v) is 18.2. The fraction of sp³-hybridized carbons (Fsp3) is 0.283. The van der Waals surface area contributed by atoms with Crippen molar-refractivity contribution >= 4 is 23.5 Å². The molecule has 2 aromatic carbocycles. The molecule has 0 spiro atoms. The van der Waals surface area contributed by atoms with Gasteiger partial charge in [0.15, 0.2) is 11.6 Å². The minimum Gasteiger partial charge on any atom is -0.492 e. The predicted octanol–water partition coefficient (Wildman–Crippen LogP) is 9.12. The van der Waals surface area contributed by atoms with Crippen molar-refractivity contribution in [2.24, 2.45) is 11.8 Å². The Balaban J connectivity index is 0.950. The Bertz CT molecular complexity index is 3180. The van der Waals surface area contributed by atoms with Gasteiger partial charge in [0.2, 0.25) is 0 Å². The van der Waals surface area contributed by atoms with Crippen LogP contribution in [0.2, 0.25) is 0 Å². The van der Waals surface area contributed by atoms with Gasteiger partial charge in [-0.2, -0.15) is 0 Å². The molecule has 1 saturated carbocycles. The van der Waals surface area contributed by atoms with Gasteiger partial charge in [0, 0.05) is 53.9 Å². The maximum atomic E-state index is 14.5. The van der Waals surface area contributed by atoms with Gasteiger partial charge in [-0.1, -0.05) is 44.2 Å². The average Bonchev–Trinajstić information content (AvgIpc) is 3.93. The highest BCUT2D eigenvalue weighted by Gasteiger charge is 2.26. The first-order valence-electron chi connectivity index (χ1n) is 23.6. The number of ether oxygens (including phenoxy) is 2. The van der Waals surface area contributed by atoms with Gasteiger partial charge in [-0.05, 0) is 128 Å². The lowest BCUT2D eigenvalue weighted by Gasteiger charge is -2.22. The highest BCUT2D eigenvalue weighted by molar-refractivity contribution is 6.07. The quantitative estimate of drug-likeness (QED) is 0.161. The number of aryl methyl sites for hydroxylation is 3. The van der Waals surface area contributed by atoms with Crippen molar-refractivity contribution in [3.05, 3.63) is 144 Å². The van der Waals surface area contributed by atoms with Crippen molar-refractivity contribution < 1.29 is 19.1 Å². The van der Waals surface area contributed by atoms with E-state index in [0.717, 1.165) is 52.0 Å². The second kappa shape index (κ2) is 18.9. The average molecular weight is 919 g/mol. The van der Waals surface area contributed by atoms with E-state index >= 15 is 0 Å². The fourth-order valence-electron chi connectivity index (χ4n) is 8.92. The summed E-state index contributed by atoms with van der Waals surface area (Å²) in [5.74, 6) is 2.64. The van der Waals surface area contributed by atoms with Crippen molar-refractivity contribution in [1.82, 2.24) is 49.5 Å². The van der Waals surface area contributed by atoms with E-state index in [1.165, 1.54) is 12.8 Å². The number of amides is 2. The van der Waals surface area contributed by atoms with Gasteiger partial charge < -0.3 is 29.2 Å². The van der Waals surface area contributed by atoms with E-state index in [1.54, 1.807) is 18.7 Å². The topological polar surface area (TPSA) is 190 Å². The minimum atomic E-state index is -0.366. The van der Waals surface area contributed by atoms with Crippen molar-refractivity contribution in [1.29, 1.82) is 0 Å². The summed E-state index contributed by atoms with van der Waals surface area (Å²) in [6, 6.07) is 28.9. The second-order valence-electron chi connectivity index (χ2n) is 18.2. The Morgan fingerprint density at radius 3 is 1.94 bits per heavy atom. The number of nitrogens with zero attached hydrogens (tertiary/aromatic N) is 10. The Morgan fingerprint density at radius 2 is 1.28 bits per heavy atom. The van der Waals surface area contributed by atoms with E-state index in [2.05, 4.69) is 62.0 Å². The summed E-state index contributed by atoms with van der Waals surface area (Å²) in [6.07, 6.45) is 12.2. The maximum absolute atomic E-state index is 14.5. The number of carbonyl (C=O) groups is 2. The molecule has 0 unspecified atom stereocenters. The molecule has 3 aliphatic rings. The lowest BCUT2D eigenvalue weighted by Crippen LogP contribution is -2.21. The third-order valence-corrected chi connectivity index (χ3v) is 13.1. The number of hydrogen-bond donors (Lipinski definition) is 2. The highest BCUT2D eigenvalue weighted by atomic mass is 16.5. The lowest BCUT2D eigenvalue weighted by atomic mass is 9.96. The van der Waals surface area contributed by atoms with E-state index in [0.29, 0.717) is 95.8 Å². The summed E-state index contributed by atoms with van der Waals surface area (Å²) in [6.45, 7) is 6.06. The van der Waals surface area contributed by atoms with Crippen LogP contribution in [0.3, 0.4) is 0 Å². The van der Waals surface area contributed by atoms with Crippen molar-refractivity contribution in [3.63, 3.8) is 0 Å². The summed E-state index contributed by atoms with van der Waals surface area (Å²) in [5, 5.41) is 23.6. The van der Waals surface area contributed by atoms with Crippen LogP contribution in [0, 0.1) is 11.8 Å². The molecule has 8 aromatic rings. The molecule has 16 nitrogen and oxygen atoms in total. The molecular weight excluding hydrogens is 869 g/mol. The maximum Gasteiger partial charge on any atom is 0.260 e. The third-order valence-electron chi connectivity index (χ3n) is 13.1. The fourth-order valence-corrected chi connectivity index (χ4v) is 8.92. The van der Waals surface area contributed by atoms with E-state index in [1.807, 2.05) is 94.3 Å². The molecule has 346 valence electrons. The zero-order chi connectivity index (χ0) is 46.8. The summed E-state index contributed by atoms with van der Waals surface area (Å²) < 4.78 is 17.0. The van der Waals surface area contributed by atoms with Crippen LogP contribution in [0.1, 0.15) is 83.1 Å². The number of rotatable bonds is 6. The van der Waals surface area contributed by atoms with Gasteiger partial charge in [0.05, 0.1) is 24.3 Å². The number of carbonyl (C=O) groups excluding carboxylic acids is 2. The predicted molar refractivity (Wildman–Crippen MR) is 260 cm³/mol. The summed E-state index contributed by atoms with van der Waals surface area (Å²) in [7, 11) is 0. The molecule has 69 heavy (non-hydrogen) atoms. The van der Waals surface area contributed by atoms with Crippen LogP contribution in [0.25, 0.3) is 45.3 Å². The summed E-state index contributed by atoms with van der Waals surface area (Å²) in [4.78, 5) is 47.9. The van der Waals surface area contributed by atoms with Gasteiger partial charge in [-0.3, -0.25) is 19.6 Å².